The molecule has 0 aromatic heterocycles. The summed E-state index contributed by atoms with van der Waals surface area (Å²) >= 11 is 0. The molecule has 2 aromatic carbocycles. The summed E-state index contributed by atoms with van der Waals surface area (Å²) in [5.41, 5.74) is 2.21. The van der Waals surface area contributed by atoms with Crippen LogP contribution in [0.5, 0.6) is 5.75 Å². The van der Waals surface area contributed by atoms with Gasteiger partial charge in [0.25, 0.3) is 0 Å². The Hall–Kier alpha value is -2.95. The highest BCUT2D eigenvalue weighted by molar-refractivity contribution is 5.64. The standard InChI is InChI=1S/C22H26N2O3/c25-22(26)23-15-16-24(19-9-5-2-6-10-19)20-11-13-21(14-12-20)27-17-18-7-3-1-4-8-18/h1,3-5,7-9,11-14,19,23H,2,6,10,15-17H2,(H,25,26). The summed E-state index contributed by atoms with van der Waals surface area (Å²) in [4.78, 5) is 13.0. The van der Waals surface area contributed by atoms with E-state index in [1.165, 1.54) is 0 Å². The van der Waals surface area contributed by atoms with Crippen molar-refractivity contribution in [3.8, 4) is 5.75 Å². The van der Waals surface area contributed by atoms with Gasteiger partial charge in [-0.05, 0) is 49.1 Å². The van der Waals surface area contributed by atoms with Gasteiger partial charge in [-0.2, -0.15) is 0 Å². The summed E-state index contributed by atoms with van der Waals surface area (Å²) in [6, 6.07) is 18.4. The number of rotatable bonds is 8. The second-order valence-corrected chi connectivity index (χ2v) is 6.62. The van der Waals surface area contributed by atoms with Crippen LogP contribution in [0.2, 0.25) is 0 Å². The number of allylic oxidation sites excluding steroid dienone is 1. The van der Waals surface area contributed by atoms with Crippen molar-refractivity contribution in [3.05, 3.63) is 72.3 Å². The molecular formula is C22H26N2O3. The third kappa shape index (κ3) is 5.78. The molecule has 1 aliphatic rings. The first-order valence-corrected chi connectivity index (χ1v) is 9.39. The zero-order valence-electron chi connectivity index (χ0n) is 15.4. The predicted molar refractivity (Wildman–Crippen MR) is 107 cm³/mol. The van der Waals surface area contributed by atoms with Gasteiger partial charge in [0.2, 0.25) is 0 Å². The summed E-state index contributed by atoms with van der Waals surface area (Å²) in [5, 5.41) is 11.3. The molecule has 5 heteroatoms. The molecule has 0 spiro atoms. The highest BCUT2D eigenvalue weighted by Crippen LogP contribution is 2.25. The van der Waals surface area contributed by atoms with Crippen molar-refractivity contribution < 1.29 is 14.6 Å². The zero-order chi connectivity index (χ0) is 18.9. The van der Waals surface area contributed by atoms with Gasteiger partial charge in [0.15, 0.2) is 0 Å². The maximum atomic E-state index is 10.8. The van der Waals surface area contributed by atoms with Gasteiger partial charge < -0.3 is 20.1 Å². The zero-order valence-corrected chi connectivity index (χ0v) is 15.4. The third-order valence-corrected chi connectivity index (χ3v) is 4.67. The Labute approximate surface area is 160 Å². The van der Waals surface area contributed by atoms with Crippen LogP contribution in [0.3, 0.4) is 0 Å². The van der Waals surface area contributed by atoms with Crippen LogP contribution in [0.4, 0.5) is 10.5 Å². The molecule has 142 valence electrons. The average Bonchev–Trinajstić information content (AvgIpc) is 2.71. The van der Waals surface area contributed by atoms with Crippen LogP contribution in [-0.4, -0.2) is 30.3 Å². The Morgan fingerprint density at radius 1 is 1.15 bits per heavy atom. The van der Waals surface area contributed by atoms with Crippen LogP contribution >= 0.6 is 0 Å². The Bertz CT molecular complexity index is 744. The van der Waals surface area contributed by atoms with Gasteiger partial charge in [0.1, 0.15) is 12.4 Å². The number of nitrogens with one attached hydrogen (secondary N) is 1. The van der Waals surface area contributed by atoms with Crippen LogP contribution in [-0.2, 0) is 6.61 Å². The molecule has 1 aliphatic carbocycles. The van der Waals surface area contributed by atoms with Crippen molar-refractivity contribution in [1.82, 2.24) is 5.32 Å². The fourth-order valence-electron chi connectivity index (χ4n) is 3.30. The largest absolute Gasteiger partial charge is 0.489 e. The first kappa shape index (κ1) is 18.8. The van der Waals surface area contributed by atoms with Crippen molar-refractivity contribution in [2.24, 2.45) is 0 Å². The Morgan fingerprint density at radius 2 is 1.93 bits per heavy atom. The van der Waals surface area contributed by atoms with Gasteiger partial charge in [-0.15, -0.1) is 0 Å². The van der Waals surface area contributed by atoms with E-state index < -0.39 is 6.09 Å². The predicted octanol–water partition coefficient (Wildman–Crippen LogP) is 4.45. The van der Waals surface area contributed by atoms with Crippen molar-refractivity contribution in [1.29, 1.82) is 0 Å². The van der Waals surface area contributed by atoms with E-state index in [9.17, 15) is 4.79 Å². The molecule has 0 radical (unpaired) electrons. The maximum Gasteiger partial charge on any atom is 0.404 e. The first-order chi connectivity index (χ1) is 13.2. The highest BCUT2D eigenvalue weighted by atomic mass is 16.5. The van der Waals surface area contributed by atoms with E-state index in [1.807, 2.05) is 54.6 Å². The molecular weight excluding hydrogens is 340 g/mol. The Balaban J connectivity index is 1.65. The summed E-state index contributed by atoms with van der Waals surface area (Å²) in [6.07, 6.45) is 6.80. The van der Waals surface area contributed by atoms with E-state index in [4.69, 9.17) is 9.84 Å². The topological polar surface area (TPSA) is 61.8 Å². The second kappa shape index (κ2) is 9.67. The monoisotopic (exact) mass is 366 g/mol. The highest BCUT2D eigenvalue weighted by Gasteiger charge is 2.18. The SMILES string of the molecule is O=C(O)NCCN(c1ccc(OCc2ccccc2)cc1)C1C=CCCC1. The number of ether oxygens (including phenoxy) is 1. The van der Waals surface area contributed by atoms with Crippen LogP contribution in [0.1, 0.15) is 24.8 Å². The third-order valence-electron chi connectivity index (χ3n) is 4.67. The number of amides is 1. The summed E-state index contributed by atoms with van der Waals surface area (Å²) in [7, 11) is 0. The van der Waals surface area contributed by atoms with Crippen LogP contribution in [0, 0.1) is 0 Å². The van der Waals surface area contributed by atoms with Gasteiger partial charge in [-0.1, -0.05) is 42.5 Å². The van der Waals surface area contributed by atoms with Crippen LogP contribution in [0.15, 0.2) is 66.7 Å². The lowest BCUT2D eigenvalue weighted by atomic mass is 10.0. The van der Waals surface area contributed by atoms with E-state index in [0.717, 1.165) is 36.3 Å². The fourth-order valence-corrected chi connectivity index (χ4v) is 3.30. The van der Waals surface area contributed by atoms with E-state index in [-0.39, 0.29) is 0 Å². The molecule has 5 nitrogen and oxygen atoms in total. The molecule has 0 heterocycles. The lowest BCUT2D eigenvalue weighted by Gasteiger charge is -2.33. The number of anilines is 1. The maximum absolute atomic E-state index is 10.8. The second-order valence-electron chi connectivity index (χ2n) is 6.62. The number of carbonyl (C=O) groups is 1. The lowest BCUT2D eigenvalue weighted by molar-refractivity contribution is 0.194. The molecule has 0 aliphatic heterocycles. The smallest absolute Gasteiger partial charge is 0.404 e. The summed E-state index contributed by atoms with van der Waals surface area (Å²) in [6.45, 7) is 1.56. The normalized spacial score (nSPS) is 15.9. The van der Waals surface area contributed by atoms with Crippen LogP contribution < -0.4 is 15.0 Å². The molecule has 0 saturated heterocycles. The quantitative estimate of drug-likeness (QED) is 0.678. The minimum absolute atomic E-state index is 0.297. The molecule has 27 heavy (non-hydrogen) atoms. The van der Waals surface area contributed by atoms with E-state index >= 15 is 0 Å². The summed E-state index contributed by atoms with van der Waals surface area (Å²) < 4.78 is 5.86. The summed E-state index contributed by atoms with van der Waals surface area (Å²) in [5.74, 6) is 0.824. The molecule has 0 fully saturated rings. The van der Waals surface area contributed by atoms with Crippen molar-refractivity contribution in [2.75, 3.05) is 18.0 Å². The molecule has 2 N–H and O–H groups in total. The molecule has 2 aromatic rings. The number of hydrogen-bond acceptors (Lipinski definition) is 3. The molecule has 1 amide bonds. The number of benzene rings is 2. The minimum atomic E-state index is -0.987. The Kier molecular flexibility index (Phi) is 6.74. The lowest BCUT2D eigenvalue weighted by Crippen LogP contribution is -2.40. The van der Waals surface area contributed by atoms with Crippen LogP contribution in [0.25, 0.3) is 0 Å². The minimum Gasteiger partial charge on any atom is -0.489 e. The van der Waals surface area contributed by atoms with Crippen molar-refractivity contribution in [3.63, 3.8) is 0 Å². The molecule has 0 saturated carbocycles. The number of carboxylic acid groups (broad SMARTS) is 1. The van der Waals surface area contributed by atoms with Gasteiger partial charge >= 0.3 is 6.09 Å². The average molecular weight is 366 g/mol. The Morgan fingerprint density at radius 3 is 2.59 bits per heavy atom. The van der Waals surface area contributed by atoms with E-state index in [0.29, 0.717) is 25.7 Å². The number of hydrogen-bond donors (Lipinski definition) is 2. The van der Waals surface area contributed by atoms with E-state index in [1.54, 1.807) is 0 Å². The fraction of sp³-hybridized carbons (Fsp3) is 0.318. The molecule has 1 unspecified atom stereocenters. The van der Waals surface area contributed by atoms with E-state index in [2.05, 4.69) is 22.4 Å². The molecule has 0 bridgehead atoms. The number of nitrogens with zero attached hydrogens (tertiary/aromatic N) is 1. The molecule has 1 atom stereocenters. The first-order valence-electron chi connectivity index (χ1n) is 9.39. The van der Waals surface area contributed by atoms with Crippen molar-refractivity contribution >= 4 is 11.8 Å². The van der Waals surface area contributed by atoms with Gasteiger partial charge in [-0.3, -0.25) is 0 Å². The van der Waals surface area contributed by atoms with Crippen molar-refractivity contribution in [2.45, 2.75) is 31.9 Å². The van der Waals surface area contributed by atoms with Gasteiger partial charge in [-0.25, -0.2) is 4.79 Å². The molecule has 3 rings (SSSR count). The van der Waals surface area contributed by atoms with Gasteiger partial charge in [0.05, 0.1) is 0 Å². The van der Waals surface area contributed by atoms with Gasteiger partial charge in [0, 0.05) is 24.8 Å².